The third-order valence-corrected chi connectivity index (χ3v) is 6.81. The van der Waals surface area contributed by atoms with E-state index < -0.39 is 10.2 Å². The van der Waals surface area contributed by atoms with Crippen LogP contribution in [0.4, 0.5) is 0 Å². The van der Waals surface area contributed by atoms with Gasteiger partial charge in [-0.1, -0.05) is 11.8 Å². The van der Waals surface area contributed by atoms with Gasteiger partial charge < -0.3 is 9.88 Å². The van der Waals surface area contributed by atoms with Gasteiger partial charge in [0, 0.05) is 48.7 Å². The minimum atomic E-state index is -3.65. The van der Waals surface area contributed by atoms with Crippen LogP contribution in [0.1, 0.15) is 25.0 Å². The molecule has 0 fully saturated rings. The molecule has 1 aromatic heterocycles. The van der Waals surface area contributed by atoms with E-state index in [0.717, 1.165) is 31.5 Å². The number of nitrogens with two attached hydrogens (primary N) is 1. The highest BCUT2D eigenvalue weighted by molar-refractivity contribution is 8.03. The van der Waals surface area contributed by atoms with Gasteiger partial charge >= 0.3 is 0 Å². The number of nitrogens with zero attached hydrogens (tertiary/aromatic N) is 4. The summed E-state index contributed by atoms with van der Waals surface area (Å²) in [6.45, 7) is 1.15. The maximum absolute atomic E-state index is 10.9. The number of allylic oxidation sites excluding steroid dienone is 2. The normalized spacial score (nSPS) is 27.2. The fraction of sp³-hybridized carbons (Fsp3) is 0.562. The average Bonchev–Trinajstić information content (AvgIpc) is 3.06. The summed E-state index contributed by atoms with van der Waals surface area (Å²) in [5, 5.41) is 8.66. The van der Waals surface area contributed by atoms with Crippen molar-refractivity contribution in [3.8, 4) is 0 Å². The van der Waals surface area contributed by atoms with Crippen LogP contribution in [0.3, 0.4) is 0 Å². The molecular weight excluding hydrogens is 386 g/mol. The number of hydrogen-bond donors (Lipinski definition) is 3. The molecule has 3 atom stereocenters. The Kier molecular flexibility index (Phi) is 5.35. The number of rotatable bonds is 6. The Bertz CT molecular complexity index is 890. The van der Waals surface area contributed by atoms with Crippen LogP contribution < -0.4 is 15.2 Å². The molecule has 27 heavy (non-hydrogen) atoms. The Morgan fingerprint density at radius 1 is 1.37 bits per heavy atom. The van der Waals surface area contributed by atoms with Crippen LogP contribution in [0.5, 0.6) is 0 Å². The van der Waals surface area contributed by atoms with Crippen molar-refractivity contribution in [2.75, 3.05) is 6.54 Å². The van der Waals surface area contributed by atoms with Gasteiger partial charge in [0.25, 0.3) is 10.2 Å². The van der Waals surface area contributed by atoms with E-state index in [2.05, 4.69) is 29.6 Å². The molecule has 1 aromatic rings. The molecular formula is C16H23N7O2S2. The summed E-state index contributed by atoms with van der Waals surface area (Å²) in [6.07, 6.45) is 11.1. The largest absolute Gasteiger partial charge is 0.364 e. The standard InChI is InChI=1S/C16H23N7O2S2/c17-27(24,25)21-4-3-12-9-23(10-20-12)8-11-1-2-14-13(7-11)22-15-16(26-14)19-6-5-18-15/h5-6,9-11,15-16,21-22H,1-4,7-8H2,(H2,17,24,25). The highest BCUT2D eigenvalue weighted by Crippen LogP contribution is 2.42. The van der Waals surface area contributed by atoms with Crippen molar-refractivity contribution in [3.05, 3.63) is 28.8 Å². The second-order valence-electron chi connectivity index (χ2n) is 6.96. The van der Waals surface area contributed by atoms with E-state index in [9.17, 15) is 8.42 Å². The quantitative estimate of drug-likeness (QED) is 0.626. The number of fused-ring (bicyclic) bond motifs is 1. The highest BCUT2D eigenvalue weighted by Gasteiger charge is 2.33. The van der Waals surface area contributed by atoms with Crippen LogP contribution in [0.15, 0.2) is 33.1 Å². The smallest absolute Gasteiger partial charge is 0.274 e. The van der Waals surface area contributed by atoms with E-state index in [1.54, 1.807) is 12.4 Å². The van der Waals surface area contributed by atoms with Crippen molar-refractivity contribution in [1.29, 1.82) is 0 Å². The molecule has 2 aliphatic heterocycles. The zero-order valence-corrected chi connectivity index (χ0v) is 16.4. The molecule has 3 heterocycles. The van der Waals surface area contributed by atoms with Crippen molar-refractivity contribution in [3.63, 3.8) is 0 Å². The zero-order valence-electron chi connectivity index (χ0n) is 14.8. The summed E-state index contributed by atoms with van der Waals surface area (Å²) in [7, 11) is -3.65. The number of thioether (sulfide) groups is 1. The maximum Gasteiger partial charge on any atom is 0.274 e. The van der Waals surface area contributed by atoms with Crippen molar-refractivity contribution >= 4 is 34.4 Å². The van der Waals surface area contributed by atoms with Crippen molar-refractivity contribution in [2.45, 2.75) is 43.8 Å². The summed E-state index contributed by atoms with van der Waals surface area (Å²) in [6, 6.07) is 0. The van der Waals surface area contributed by atoms with Crippen LogP contribution >= 0.6 is 11.8 Å². The molecule has 0 bridgehead atoms. The Balaban J connectivity index is 1.32. The van der Waals surface area contributed by atoms with Crippen LogP contribution in [0, 0.1) is 5.92 Å². The van der Waals surface area contributed by atoms with E-state index in [-0.39, 0.29) is 18.1 Å². The van der Waals surface area contributed by atoms with Gasteiger partial charge in [-0.3, -0.25) is 9.98 Å². The van der Waals surface area contributed by atoms with E-state index in [1.807, 2.05) is 24.3 Å². The lowest BCUT2D eigenvalue weighted by atomic mass is 9.91. The van der Waals surface area contributed by atoms with Crippen LogP contribution in [0.25, 0.3) is 0 Å². The SMILES string of the molecule is NS(=O)(=O)NCCc1cn(CC2CCC3=C(C2)NC2N=CC=NC2S3)cn1. The molecule has 3 unspecified atom stereocenters. The van der Waals surface area contributed by atoms with Gasteiger partial charge in [-0.25, -0.2) is 14.8 Å². The van der Waals surface area contributed by atoms with Gasteiger partial charge in [0.1, 0.15) is 5.37 Å². The first-order valence-electron chi connectivity index (χ1n) is 8.94. The maximum atomic E-state index is 10.9. The molecule has 146 valence electrons. The van der Waals surface area contributed by atoms with Crippen molar-refractivity contribution < 1.29 is 8.42 Å². The van der Waals surface area contributed by atoms with Gasteiger partial charge in [0.05, 0.1) is 12.0 Å². The number of aromatic nitrogens is 2. The first kappa shape index (κ1) is 18.7. The van der Waals surface area contributed by atoms with E-state index in [0.29, 0.717) is 12.3 Å². The fourth-order valence-electron chi connectivity index (χ4n) is 3.61. The second kappa shape index (κ2) is 7.74. The summed E-state index contributed by atoms with van der Waals surface area (Å²) in [5.41, 5.74) is 2.16. The second-order valence-corrected chi connectivity index (χ2v) is 9.55. The molecule has 9 nitrogen and oxygen atoms in total. The average molecular weight is 410 g/mol. The molecule has 3 aliphatic rings. The van der Waals surface area contributed by atoms with Crippen molar-refractivity contribution in [1.82, 2.24) is 19.6 Å². The Hall–Kier alpha value is -1.69. The van der Waals surface area contributed by atoms with Crippen LogP contribution in [-0.4, -0.2) is 48.5 Å². The molecule has 1 aliphatic carbocycles. The topological polar surface area (TPSA) is 127 Å². The first-order valence-corrected chi connectivity index (χ1v) is 11.4. The molecule has 0 aromatic carbocycles. The predicted molar refractivity (Wildman–Crippen MR) is 107 cm³/mol. The Morgan fingerprint density at radius 2 is 2.22 bits per heavy atom. The molecule has 0 radical (unpaired) electrons. The minimum absolute atomic E-state index is 0.0451. The highest BCUT2D eigenvalue weighted by atomic mass is 32.2. The van der Waals surface area contributed by atoms with Gasteiger partial charge in [0.2, 0.25) is 0 Å². The van der Waals surface area contributed by atoms with Gasteiger partial charge in [0.15, 0.2) is 6.17 Å². The zero-order chi connectivity index (χ0) is 18.9. The number of imidazole rings is 1. The van der Waals surface area contributed by atoms with Crippen LogP contribution in [0.2, 0.25) is 0 Å². The molecule has 4 N–H and O–H groups in total. The summed E-state index contributed by atoms with van der Waals surface area (Å²) < 4.78 is 26.2. The molecule has 11 heteroatoms. The van der Waals surface area contributed by atoms with Crippen molar-refractivity contribution in [2.24, 2.45) is 21.0 Å². The summed E-state index contributed by atoms with van der Waals surface area (Å²) >= 11 is 1.84. The lowest BCUT2D eigenvalue weighted by Gasteiger charge is -2.37. The number of nitrogens with one attached hydrogen (secondary N) is 2. The molecule has 0 saturated heterocycles. The van der Waals surface area contributed by atoms with E-state index >= 15 is 0 Å². The van der Waals surface area contributed by atoms with Gasteiger partial charge in [-0.15, -0.1) is 0 Å². The molecule has 0 saturated carbocycles. The lowest BCUT2D eigenvalue weighted by molar-refractivity contribution is 0.375. The predicted octanol–water partition coefficient (Wildman–Crippen LogP) is 0.374. The van der Waals surface area contributed by atoms with E-state index in [1.165, 1.54) is 10.6 Å². The first-order chi connectivity index (χ1) is 13.0. The lowest BCUT2D eigenvalue weighted by Crippen LogP contribution is -2.42. The monoisotopic (exact) mass is 409 g/mol. The summed E-state index contributed by atoms with van der Waals surface area (Å²) in [5.74, 6) is 0.536. The molecule has 0 amide bonds. The van der Waals surface area contributed by atoms with Crippen LogP contribution in [-0.2, 0) is 23.2 Å². The Labute approximate surface area is 162 Å². The number of aliphatic imine (C=N–C) groups is 2. The molecule has 0 spiro atoms. The third-order valence-electron chi connectivity index (χ3n) is 4.85. The van der Waals surface area contributed by atoms with E-state index in [4.69, 9.17) is 5.14 Å². The van der Waals surface area contributed by atoms with Gasteiger partial charge in [-0.05, 0) is 25.2 Å². The number of hydrogen-bond acceptors (Lipinski definition) is 7. The van der Waals surface area contributed by atoms with Gasteiger partial charge in [-0.2, -0.15) is 8.42 Å². The molecule has 4 rings (SSSR count). The Morgan fingerprint density at radius 3 is 3.07 bits per heavy atom. The fourth-order valence-corrected chi connectivity index (χ4v) is 5.20. The minimum Gasteiger partial charge on any atom is -0.364 e. The third kappa shape index (κ3) is 4.78. The summed E-state index contributed by atoms with van der Waals surface area (Å²) in [4.78, 5) is 14.8.